The highest BCUT2D eigenvalue weighted by Crippen LogP contribution is 2.30. The second-order valence-electron chi connectivity index (χ2n) is 6.27. The van der Waals surface area contributed by atoms with Crippen LogP contribution in [0.5, 0.6) is 0 Å². The van der Waals surface area contributed by atoms with E-state index in [2.05, 4.69) is 6.07 Å². The van der Waals surface area contributed by atoms with Crippen molar-refractivity contribution in [2.75, 3.05) is 17.2 Å². The summed E-state index contributed by atoms with van der Waals surface area (Å²) in [7, 11) is 0. The van der Waals surface area contributed by atoms with Crippen molar-refractivity contribution in [3.63, 3.8) is 0 Å². The summed E-state index contributed by atoms with van der Waals surface area (Å²) in [6.07, 6.45) is 1.92. The zero-order valence-corrected chi connectivity index (χ0v) is 15.2. The van der Waals surface area contributed by atoms with Gasteiger partial charge >= 0.3 is 0 Å². The molecule has 130 valence electrons. The Morgan fingerprint density at radius 2 is 2.00 bits per heavy atom. The van der Waals surface area contributed by atoms with E-state index in [1.165, 1.54) is 35.9 Å². The average Bonchev–Trinajstić information content (AvgIpc) is 2.59. The van der Waals surface area contributed by atoms with Crippen molar-refractivity contribution in [1.82, 2.24) is 0 Å². The number of halogens is 1. The van der Waals surface area contributed by atoms with Crippen molar-refractivity contribution in [3.8, 4) is 0 Å². The lowest BCUT2D eigenvalue weighted by Crippen LogP contribution is -2.36. The third-order valence-corrected chi connectivity index (χ3v) is 5.38. The Bertz CT molecular complexity index is 834. The van der Waals surface area contributed by atoms with Crippen molar-refractivity contribution in [2.45, 2.75) is 31.6 Å². The Kier molecular flexibility index (Phi) is 5.23. The molecule has 5 heteroatoms. The molecule has 0 bridgehead atoms. The SMILES string of the molecule is CC(=O)c1ccc(SCC(=O)N2CCCc3cc(C)ccc32)c(F)c1. The van der Waals surface area contributed by atoms with Gasteiger partial charge in [-0.1, -0.05) is 23.8 Å². The van der Waals surface area contributed by atoms with Gasteiger partial charge < -0.3 is 4.90 Å². The van der Waals surface area contributed by atoms with Crippen LogP contribution in [-0.4, -0.2) is 24.0 Å². The number of hydrogen-bond donors (Lipinski definition) is 0. The molecule has 2 aromatic carbocycles. The molecule has 0 unspecified atom stereocenters. The number of rotatable bonds is 4. The van der Waals surface area contributed by atoms with E-state index in [1.54, 1.807) is 17.0 Å². The molecule has 0 aliphatic carbocycles. The third kappa shape index (κ3) is 3.93. The van der Waals surface area contributed by atoms with Gasteiger partial charge in [0.2, 0.25) is 5.91 Å². The fourth-order valence-electron chi connectivity index (χ4n) is 3.04. The van der Waals surface area contributed by atoms with Crippen LogP contribution in [0, 0.1) is 12.7 Å². The molecule has 0 atom stereocenters. The molecule has 3 nitrogen and oxygen atoms in total. The molecule has 1 amide bonds. The number of anilines is 1. The van der Waals surface area contributed by atoms with Gasteiger partial charge in [0, 0.05) is 22.7 Å². The molecular weight excluding hydrogens is 337 g/mol. The summed E-state index contributed by atoms with van der Waals surface area (Å²) in [5.41, 5.74) is 3.69. The van der Waals surface area contributed by atoms with Crippen LogP contribution in [0.25, 0.3) is 0 Å². The van der Waals surface area contributed by atoms with Crippen molar-refractivity contribution < 1.29 is 14.0 Å². The highest BCUT2D eigenvalue weighted by molar-refractivity contribution is 8.00. The quantitative estimate of drug-likeness (QED) is 0.601. The third-order valence-electron chi connectivity index (χ3n) is 4.34. The maximum Gasteiger partial charge on any atom is 0.237 e. The number of Topliss-reactive ketones (excluding diaryl/α,β-unsaturated/α-hetero) is 1. The fourth-order valence-corrected chi connectivity index (χ4v) is 3.84. The van der Waals surface area contributed by atoms with Gasteiger partial charge in [-0.25, -0.2) is 4.39 Å². The largest absolute Gasteiger partial charge is 0.311 e. The summed E-state index contributed by atoms with van der Waals surface area (Å²) in [4.78, 5) is 26.1. The maximum absolute atomic E-state index is 14.1. The van der Waals surface area contributed by atoms with Crippen molar-refractivity contribution in [3.05, 3.63) is 58.9 Å². The minimum absolute atomic E-state index is 0.0233. The number of carbonyl (C=O) groups is 2. The number of amides is 1. The van der Waals surface area contributed by atoms with Crippen LogP contribution in [-0.2, 0) is 11.2 Å². The molecule has 0 radical (unpaired) electrons. The monoisotopic (exact) mass is 357 g/mol. The Labute approximate surface area is 151 Å². The first-order valence-corrected chi connectivity index (χ1v) is 9.27. The van der Waals surface area contributed by atoms with E-state index >= 15 is 0 Å². The van der Waals surface area contributed by atoms with E-state index in [4.69, 9.17) is 0 Å². The van der Waals surface area contributed by atoms with E-state index in [0.29, 0.717) is 17.0 Å². The number of benzene rings is 2. The molecule has 25 heavy (non-hydrogen) atoms. The molecule has 1 aliphatic rings. The molecule has 1 heterocycles. The first-order valence-electron chi connectivity index (χ1n) is 8.29. The van der Waals surface area contributed by atoms with E-state index in [0.717, 1.165) is 18.5 Å². The maximum atomic E-state index is 14.1. The van der Waals surface area contributed by atoms with Crippen molar-refractivity contribution in [1.29, 1.82) is 0 Å². The molecule has 3 rings (SSSR count). The van der Waals surface area contributed by atoms with Gasteiger partial charge in [-0.3, -0.25) is 9.59 Å². The molecule has 0 saturated carbocycles. The van der Waals surface area contributed by atoms with Crippen LogP contribution >= 0.6 is 11.8 Å². The second kappa shape index (κ2) is 7.40. The molecule has 1 aliphatic heterocycles. The van der Waals surface area contributed by atoms with E-state index < -0.39 is 5.82 Å². The van der Waals surface area contributed by atoms with Gasteiger partial charge in [-0.05, 0) is 50.5 Å². The molecule has 0 saturated heterocycles. The van der Waals surface area contributed by atoms with Gasteiger partial charge in [-0.2, -0.15) is 0 Å². The van der Waals surface area contributed by atoms with Crippen LogP contribution in [0.3, 0.4) is 0 Å². The second-order valence-corrected chi connectivity index (χ2v) is 7.29. The summed E-state index contributed by atoms with van der Waals surface area (Å²) in [5.74, 6) is -0.485. The summed E-state index contributed by atoms with van der Waals surface area (Å²) >= 11 is 1.17. The Morgan fingerprint density at radius 1 is 1.20 bits per heavy atom. The number of nitrogens with zero attached hydrogens (tertiary/aromatic N) is 1. The summed E-state index contributed by atoms with van der Waals surface area (Å²) in [5, 5.41) is 0. The minimum Gasteiger partial charge on any atom is -0.311 e. The Hall–Kier alpha value is -2.14. The normalized spacial score (nSPS) is 13.5. The first-order chi connectivity index (χ1) is 12.0. The van der Waals surface area contributed by atoms with Crippen molar-refractivity contribution in [2.24, 2.45) is 0 Å². The van der Waals surface area contributed by atoms with Crippen LogP contribution < -0.4 is 4.90 Å². The van der Waals surface area contributed by atoms with Crippen LogP contribution in [0.15, 0.2) is 41.3 Å². The molecule has 0 spiro atoms. The number of thioether (sulfide) groups is 1. The standard InChI is InChI=1S/C20H20FNO2S/c1-13-5-7-18-16(10-13)4-3-9-22(18)20(24)12-25-19-8-6-15(14(2)23)11-17(19)21/h5-8,10-11H,3-4,9,12H2,1-2H3. The number of aryl methyl sites for hydroxylation is 2. The van der Waals surface area contributed by atoms with Gasteiger partial charge in [-0.15, -0.1) is 11.8 Å². The van der Waals surface area contributed by atoms with E-state index in [1.807, 2.05) is 19.1 Å². The highest BCUT2D eigenvalue weighted by atomic mass is 32.2. The topological polar surface area (TPSA) is 37.4 Å². The minimum atomic E-state index is -0.458. The van der Waals surface area contributed by atoms with E-state index in [-0.39, 0.29) is 17.4 Å². The van der Waals surface area contributed by atoms with Crippen LogP contribution in [0.2, 0.25) is 0 Å². The fraction of sp³-hybridized carbons (Fsp3) is 0.300. The average molecular weight is 357 g/mol. The summed E-state index contributed by atoms with van der Waals surface area (Å²) in [6.45, 7) is 4.15. The van der Waals surface area contributed by atoms with Gasteiger partial charge in [0.15, 0.2) is 5.78 Å². The molecule has 0 aromatic heterocycles. The lowest BCUT2D eigenvalue weighted by molar-refractivity contribution is -0.116. The smallest absolute Gasteiger partial charge is 0.237 e. The van der Waals surface area contributed by atoms with Crippen LogP contribution in [0.1, 0.15) is 34.8 Å². The Balaban J connectivity index is 1.71. The number of carbonyl (C=O) groups excluding carboxylic acids is 2. The number of hydrogen-bond acceptors (Lipinski definition) is 3. The molecular formula is C20H20FNO2S. The zero-order chi connectivity index (χ0) is 18.0. The van der Waals surface area contributed by atoms with Gasteiger partial charge in [0.1, 0.15) is 5.82 Å². The molecule has 0 fully saturated rings. The Morgan fingerprint density at radius 3 is 2.72 bits per heavy atom. The lowest BCUT2D eigenvalue weighted by Gasteiger charge is -2.29. The lowest BCUT2D eigenvalue weighted by atomic mass is 9.99. The van der Waals surface area contributed by atoms with Crippen LogP contribution in [0.4, 0.5) is 10.1 Å². The number of ketones is 1. The number of fused-ring (bicyclic) bond motifs is 1. The predicted molar refractivity (Wildman–Crippen MR) is 99.0 cm³/mol. The van der Waals surface area contributed by atoms with Gasteiger partial charge in [0.05, 0.1) is 5.75 Å². The van der Waals surface area contributed by atoms with Crippen molar-refractivity contribution >= 4 is 29.1 Å². The summed E-state index contributed by atoms with van der Waals surface area (Å²) < 4.78 is 14.1. The zero-order valence-electron chi connectivity index (χ0n) is 14.3. The first kappa shape index (κ1) is 17.7. The van der Waals surface area contributed by atoms with E-state index in [9.17, 15) is 14.0 Å². The highest BCUT2D eigenvalue weighted by Gasteiger charge is 2.22. The summed E-state index contributed by atoms with van der Waals surface area (Å²) in [6, 6.07) is 10.5. The van der Waals surface area contributed by atoms with Gasteiger partial charge in [0.25, 0.3) is 0 Å². The molecule has 0 N–H and O–H groups in total. The predicted octanol–water partition coefficient (Wildman–Crippen LogP) is 4.41. The molecule has 2 aromatic rings.